The van der Waals surface area contributed by atoms with Gasteiger partial charge in [-0.05, 0) is 106 Å². The SMILES string of the molecule is CCN(C)CC1CCCN1C(=O)C1=Cc2cc(OC)ccc2-c2c(C3CCCCC3)c3ccc(C(=O)NS(=O)(=O)C4CC4)cc3n2C1. The minimum Gasteiger partial charge on any atom is -0.497 e. The minimum atomic E-state index is -3.70. The van der Waals surface area contributed by atoms with Gasteiger partial charge in [-0.1, -0.05) is 32.3 Å². The summed E-state index contributed by atoms with van der Waals surface area (Å²) in [5.74, 6) is 0.510. The molecule has 1 N–H and O–H groups in total. The van der Waals surface area contributed by atoms with Crippen molar-refractivity contribution in [3.05, 3.63) is 58.7 Å². The van der Waals surface area contributed by atoms with Crippen molar-refractivity contribution in [2.45, 2.75) is 88.5 Å². The van der Waals surface area contributed by atoms with E-state index in [-0.39, 0.29) is 11.9 Å². The summed E-state index contributed by atoms with van der Waals surface area (Å²) in [5.41, 5.74) is 6.17. The Kier molecular flexibility index (Phi) is 8.68. The van der Waals surface area contributed by atoms with Crippen molar-refractivity contribution in [1.82, 2.24) is 19.1 Å². The quantitative estimate of drug-likeness (QED) is 0.306. The van der Waals surface area contributed by atoms with E-state index in [4.69, 9.17) is 4.74 Å². The molecule has 4 aliphatic rings. The second-order valence-electron chi connectivity index (χ2n) is 13.9. The molecule has 2 aromatic carbocycles. The van der Waals surface area contributed by atoms with Crippen molar-refractivity contribution >= 4 is 38.8 Å². The molecule has 2 aliphatic heterocycles. The molecule has 47 heavy (non-hydrogen) atoms. The summed E-state index contributed by atoms with van der Waals surface area (Å²) >= 11 is 0. The zero-order valence-corrected chi connectivity index (χ0v) is 28.6. The normalized spacial score (nSPS) is 20.1. The van der Waals surface area contributed by atoms with E-state index in [1.807, 2.05) is 30.3 Å². The van der Waals surface area contributed by atoms with Crippen LogP contribution in [0.3, 0.4) is 0 Å². The maximum Gasteiger partial charge on any atom is 0.264 e. The molecule has 1 unspecified atom stereocenters. The Morgan fingerprint density at radius 1 is 1.00 bits per heavy atom. The first-order valence-corrected chi connectivity index (χ1v) is 18.8. The summed E-state index contributed by atoms with van der Waals surface area (Å²) in [7, 11) is 0.0648. The maximum absolute atomic E-state index is 14.5. The van der Waals surface area contributed by atoms with Crippen LogP contribution in [0, 0.1) is 0 Å². The van der Waals surface area contributed by atoms with Crippen molar-refractivity contribution < 1.29 is 22.7 Å². The lowest BCUT2D eigenvalue weighted by Crippen LogP contribution is -2.43. The first-order valence-electron chi connectivity index (χ1n) is 17.3. The number of aromatic nitrogens is 1. The predicted octanol–water partition coefficient (Wildman–Crippen LogP) is 5.93. The highest BCUT2D eigenvalue weighted by Gasteiger charge is 2.38. The Bertz CT molecular complexity index is 1850. The van der Waals surface area contributed by atoms with Gasteiger partial charge in [-0.25, -0.2) is 13.1 Å². The molecule has 2 aliphatic carbocycles. The maximum atomic E-state index is 14.5. The smallest absolute Gasteiger partial charge is 0.264 e. The number of hydrogen-bond donors (Lipinski definition) is 1. The first-order chi connectivity index (χ1) is 22.7. The Morgan fingerprint density at radius 2 is 1.79 bits per heavy atom. The largest absolute Gasteiger partial charge is 0.497 e. The molecule has 0 radical (unpaired) electrons. The molecule has 9 nitrogen and oxygen atoms in total. The molecule has 250 valence electrons. The van der Waals surface area contributed by atoms with Crippen LogP contribution < -0.4 is 9.46 Å². The molecule has 2 amide bonds. The molecule has 0 spiro atoms. The molecule has 3 aromatic rings. The number of rotatable bonds is 9. The number of nitrogens with zero attached hydrogens (tertiary/aromatic N) is 3. The highest BCUT2D eigenvalue weighted by atomic mass is 32.2. The third-order valence-corrected chi connectivity index (χ3v) is 12.5. The number of hydrogen-bond acceptors (Lipinski definition) is 6. The fourth-order valence-corrected chi connectivity index (χ4v) is 9.23. The van der Waals surface area contributed by atoms with E-state index in [9.17, 15) is 18.0 Å². The van der Waals surface area contributed by atoms with Crippen LogP contribution in [-0.4, -0.2) is 79.7 Å². The Labute approximate surface area is 278 Å². The molecule has 1 atom stereocenters. The number of amides is 2. The van der Waals surface area contributed by atoms with Gasteiger partial charge in [0.1, 0.15) is 5.75 Å². The third-order valence-electron chi connectivity index (χ3n) is 10.7. The summed E-state index contributed by atoms with van der Waals surface area (Å²) in [4.78, 5) is 32.2. The van der Waals surface area contributed by atoms with Gasteiger partial charge in [0.2, 0.25) is 10.0 Å². The lowest BCUT2D eigenvalue weighted by Gasteiger charge is -2.29. The van der Waals surface area contributed by atoms with Crippen LogP contribution in [-0.2, 0) is 21.4 Å². The van der Waals surface area contributed by atoms with Crippen LogP contribution in [0.2, 0.25) is 0 Å². The van der Waals surface area contributed by atoms with E-state index in [1.54, 1.807) is 13.2 Å². The zero-order chi connectivity index (χ0) is 32.9. The average Bonchev–Trinajstić information content (AvgIpc) is 3.81. The van der Waals surface area contributed by atoms with Crippen LogP contribution >= 0.6 is 0 Å². The molecule has 3 heterocycles. The number of nitrogens with one attached hydrogen (secondary N) is 1. The molecule has 1 aromatic heterocycles. The predicted molar refractivity (Wildman–Crippen MR) is 185 cm³/mol. The summed E-state index contributed by atoms with van der Waals surface area (Å²) in [6.07, 6.45) is 10.9. The van der Waals surface area contributed by atoms with Crippen molar-refractivity contribution in [3.8, 4) is 17.0 Å². The van der Waals surface area contributed by atoms with Crippen molar-refractivity contribution in [1.29, 1.82) is 0 Å². The summed E-state index contributed by atoms with van der Waals surface area (Å²) in [5, 5.41) is 0.573. The fourth-order valence-electron chi connectivity index (χ4n) is 7.93. The molecule has 10 heteroatoms. The van der Waals surface area contributed by atoms with Gasteiger partial charge in [0, 0.05) is 46.7 Å². The molecule has 1 saturated heterocycles. The molecular formula is C37H46N4O5S. The number of fused-ring (bicyclic) bond motifs is 5. The van der Waals surface area contributed by atoms with E-state index in [0.717, 1.165) is 91.6 Å². The lowest BCUT2D eigenvalue weighted by molar-refractivity contribution is -0.128. The monoisotopic (exact) mass is 658 g/mol. The number of carbonyl (C=O) groups is 2. The van der Waals surface area contributed by atoms with Gasteiger partial charge in [-0.2, -0.15) is 0 Å². The highest BCUT2D eigenvalue weighted by molar-refractivity contribution is 7.91. The molecule has 0 bridgehead atoms. The van der Waals surface area contributed by atoms with Gasteiger partial charge < -0.3 is 19.1 Å². The van der Waals surface area contributed by atoms with Gasteiger partial charge in [-0.3, -0.25) is 9.59 Å². The average molecular weight is 659 g/mol. The number of sulfonamides is 1. The second-order valence-corrected chi connectivity index (χ2v) is 15.8. The van der Waals surface area contributed by atoms with Crippen LogP contribution in [0.1, 0.15) is 92.1 Å². The van der Waals surface area contributed by atoms with Gasteiger partial charge in [-0.15, -0.1) is 0 Å². The third kappa shape index (κ3) is 6.10. The minimum absolute atomic E-state index is 0.0455. The highest BCUT2D eigenvalue weighted by Crippen LogP contribution is 2.47. The second kappa shape index (κ2) is 12.8. The number of ether oxygens (including phenoxy) is 1. The Hall–Kier alpha value is -3.63. The Balaban J connectivity index is 1.38. The van der Waals surface area contributed by atoms with E-state index < -0.39 is 21.2 Å². The molecule has 2 saturated carbocycles. The molecule has 7 rings (SSSR count). The van der Waals surface area contributed by atoms with Crippen molar-refractivity contribution in [3.63, 3.8) is 0 Å². The molecular weight excluding hydrogens is 612 g/mol. The summed E-state index contributed by atoms with van der Waals surface area (Å²) < 4.78 is 35.5. The Morgan fingerprint density at radius 3 is 2.51 bits per heavy atom. The van der Waals surface area contributed by atoms with Crippen LogP contribution in [0.25, 0.3) is 28.2 Å². The van der Waals surface area contributed by atoms with Crippen molar-refractivity contribution in [2.75, 3.05) is 33.8 Å². The first kappa shape index (κ1) is 31.9. The summed E-state index contributed by atoms with van der Waals surface area (Å²) in [6.45, 7) is 4.99. The van der Waals surface area contributed by atoms with E-state index in [1.165, 1.54) is 12.0 Å². The van der Waals surface area contributed by atoms with Crippen LogP contribution in [0.15, 0.2) is 42.0 Å². The van der Waals surface area contributed by atoms with E-state index in [0.29, 0.717) is 36.4 Å². The number of carbonyl (C=O) groups excluding carboxylic acids is 2. The fraction of sp³-hybridized carbons (Fsp3) is 0.514. The molecule has 3 fully saturated rings. The van der Waals surface area contributed by atoms with Gasteiger partial charge in [0.25, 0.3) is 11.8 Å². The van der Waals surface area contributed by atoms with Gasteiger partial charge in [0.15, 0.2) is 0 Å². The summed E-state index contributed by atoms with van der Waals surface area (Å²) in [6, 6.07) is 11.8. The standard InChI is InChI=1S/C37H46N4O5S/c1-4-39(2)23-28-11-8-18-40(28)37(43)27-19-26-20-29(46-3)13-17-31(26)35-34(24-9-6-5-7-10-24)32-16-12-25(21-33(32)41(35)22-27)36(42)38-47(44,45)30-14-15-30/h12-13,16-17,19-21,24,28,30H,4-11,14-15,18,22-23H2,1-3H3,(H,38,42). The zero-order valence-electron chi connectivity index (χ0n) is 27.8. The van der Waals surface area contributed by atoms with Gasteiger partial charge in [0.05, 0.1) is 24.6 Å². The van der Waals surface area contributed by atoms with Gasteiger partial charge >= 0.3 is 0 Å². The number of likely N-dealkylation sites (N-methyl/N-ethyl adjacent to an activating group) is 1. The number of likely N-dealkylation sites (tertiary alicyclic amines) is 1. The van der Waals surface area contributed by atoms with E-state index in [2.05, 4.69) is 39.1 Å². The van der Waals surface area contributed by atoms with Crippen LogP contribution in [0.5, 0.6) is 5.75 Å². The lowest BCUT2D eigenvalue weighted by atomic mass is 9.81. The van der Waals surface area contributed by atoms with E-state index >= 15 is 0 Å². The number of benzene rings is 2. The topological polar surface area (TPSA) is 101 Å². The number of methoxy groups -OCH3 is 1. The van der Waals surface area contributed by atoms with Crippen LogP contribution in [0.4, 0.5) is 0 Å². The van der Waals surface area contributed by atoms with Crippen molar-refractivity contribution in [2.24, 2.45) is 0 Å².